The smallest absolute Gasteiger partial charge is 0.186 e. The molecule has 17 heavy (non-hydrogen) atoms. The number of fused-ring (bicyclic) bond motifs is 1. The Hall–Kier alpha value is 0.0969. The summed E-state index contributed by atoms with van der Waals surface area (Å²) < 4.78 is 16.6. The first-order valence-electron chi connectivity index (χ1n) is 6.89. The van der Waals surface area contributed by atoms with Crippen molar-refractivity contribution >= 4 is 8.32 Å². The Morgan fingerprint density at radius 3 is 2.71 bits per heavy atom. The van der Waals surface area contributed by atoms with Gasteiger partial charge in [0.2, 0.25) is 0 Å². The Balaban J connectivity index is 1.62. The summed E-state index contributed by atoms with van der Waals surface area (Å²) >= 11 is 0. The Morgan fingerprint density at radius 1 is 1.18 bits per heavy atom. The van der Waals surface area contributed by atoms with Crippen LogP contribution in [0, 0.1) is 5.92 Å². The van der Waals surface area contributed by atoms with Gasteiger partial charge in [0.15, 0.2) is 8.32 Å². The number of hydrogen-bond acceptors (Lipinski definition) is 3. The van der Waals surface area contributed by atoms with E-state index in [-0.39, 0.29) is 0 Å². The van der Waals surface area contributed by atoms with Crippen LogP contribution in [-0.4, -0.2) is 40.8 Å². The van der Waals surface area contributed by atoms with Gasteiger partial charge in [-0.15, -0.1) is 0 Å². The molecule has 0 radical (unpaired) electrons. The van der Waals surface area contributed by atoms with E-state index in [2.05, 4.69) is 13.1 Å². The van der Waals surface area contributed by atoms with Crippen LogP contribution < -0.4 is 0 Å². The largest absolute Gasteiger partial charge is 0.415 e. The highest BCUT2D eigenvalue weighted by Crippen LogP contribution is 2.41. The quantitative estimate of drug-likeness (QED) is 0.400. The van der Waals surface area contributed by atoms with Gasteiger partial charge in [0.1, 0.15) is 0 Å². The Morgan fingerprint density at radius 2 is 2.00 bits per heavy atom. The molecule has 2 fully saturated rings. The summed E-state index contributed by atoms with van der Waals surface area (Å²) in [4.78, 5) is 0. The number of ether oxygens (including phenoxy) is 2. The minimum absolute atomic E-state index is 0.618. The van der Waals surface area contributed by atoms with Crippen LogP contribution in [0.2, 0.25) is 19.1 Å². The molecule has 2 aliphatic rings. The third-order valence-corrected chi connectivity index (χ3v) is 6.53. The highest BCUT2D eigenvalue weighted by atomic mass is 28.4. The van der Waals surface area contributed by atoms with Gasteiger partial charge in [0.05, 0.1) is 25.4 Å². The number of epoxide rings is 1. The average molecular weight is 258 g/mol. The van der Waals surface area contributed by atoms with Crippen molar-refractivity contribution in [2.75, 3.05) is 20.3 Å². The van der Waals surface area contributed by atoms with E-state index in [1.54, 1.807) is 7.11 Å². The summed E-state index contributed by atoms with van der Waals surface area (Å²) in [6, 6.07) is 1.28. The average Bonchev–Trinajstić information content (AvgIpc) is 3.05. The second-order valence-corrected chi connectivity index (χ2v) is 10.3. The first kappa shape index (κ1) is 13.5. The third-order valence-electron chi connectivity index (χ3n) is 4.05. The Bertz CT molecular complexity index is 245. The molecule has 3 unspecified atom stereocenters. The van der Waals surface area contributed by atoms with Crippen LogP contribution in [0.4, 0.5) is 0 Å². The van der Waals surface area contributed by atoms with Crippen molar-refractivity contribution in [3.05, 3.63) is 0 Å². The van der Waals surface area contributed by atoms with Crippen LogP contribution in [0.3, 0.4) is 0 Å². The first-order chi connectivity index (χ1) is 8.11. The fourth-order valence-corrected chi connectivity index (χ4v) is 4.66. The van der Waals surface area contributed by atoms with Gasteiger partial charge >= 0.3 is 0 Å². The van der Waals surface area contributed by atoms with Crippen LogP contribution in [0.15, 0.2) is 0 Å². The van der Waals surface area contributed by atoms with Gasteiger partial charge in [-0.1, -0.05) is 6.42 Å². The first-order valence-corrected chi connectivity index (χ1v) is 10.0. The molecular weight excluding hydrogens is 232 g/mol. The van der Waals surface area contributed by atoms with Crippen molar-refractivity contribution in [3.8, 4) is 0 Å². The normalized spacial score (nSPS) is 32.3. The lowest BCUT2D eigenvalue weighted by atomic mass is 9.88. The van der Waals surface area contributed by atoms with Crippen molar-refractivity contribution in [1.82, 2.24) is 0 Å². The fraction of sp³-hybridized carbons (Fsp3) is 1.00. The van der Waals surface area contributed by atoms with Crippen molar-refractivity contribution in [3.63, 3.8) is 0 Å². The molecule has 1 saturated heterocycles. The highest BCUT2D eigenvalue weighted by Gasteiger charge is 2.43. The van der Waals surface area contributed by atoms with E-state index < -0.39 is 8.32 Å². The van der Waals surface area contributed by atoms with E-state index in [1.807, 2.05) is 0 Å². The third kappa shape index (κ3) is 4.36. The molecule has 0 bridgehead atoms. The van der Waals surface area contributed by atoms with Gasteiger partial charge in [0, 0.05) is 7.11 Å². The van der Waals surface area contributed by atoms with Gasteiger partial charge in [-0.2, -0.15) is 0 Å². The van der Waals surface area contributed by atoms with Crippen LogP contribution >= 0.6 is 0 Å². The molecule has 1 aliphatic heterocycles. The molecule has 100 valence electrons. The zero-order valence-electron chi connectivity index (χ0n) is 11.4. The van der Waals surface area contributed by atoms with Gasteiger partial charge in [-0.25, -0.2) is 0 Å². The lowest BCUT2D eigenvalue weighted by Gasteiger charge is -2.26. The van der Waals surface area contributed by atoms with E-state index in [1.165, 1.54) is 31.7 Å². The van der Waals surface area contributed by atoms with Gasteiger partial charge in [-0.3, -0.25) is 0 Å². The second-order valence-electron chi connectivity index (χ2n) is 6.03. The highest BCUT2D eigenvalue weighted by molar-refractivity contribution is 6.71. The zero-order chi connectivity index (χ0) is 12.3. The van der Waals surface area contributed by atoms with E-state index in [9.17, 15) is 0 Å². The summed E-state index contributed by atoms with van der Waals surface area (Å²) in [6.45, 7) is 6.12. The van der Waals surface area contributed by atoms with E-state index in [4.69, 9.17) is 13.9 Å². The minimum atomic E-state index is -1.45. The van der Waals surface area contributed by atoms with E-state index in [0.717, 1.165) is 19.1 Å². The minimum Gasteiger partial charge on any atom is -0.415 e. The SMILES string of the molecule is COCCO[Si](C)(C)CCC1CCC2OC2C1. The van der Waals surface area contributed by atoms with E-state index in [0.29, 0.717) is 12.2 Å². The summed E-state index contributed by atoms with van der Waals surface area (Å²) in [7, 11) is 0.274. The predicted octanol–water partition coefficient (Wildman–Crippen LogP) is 2.81. The maximum Gasteiger partial charge on any atom is 0.186 e. The predicted molar refractivity (Wildman–Crippen MR) is 70.7 cm³/mol. The molecule has 0 spiro atoms. The number of methoxy groups -OCH3 is 1. The van der Waals surface area contributed by atoms with Crippen LogP contribution in [-0.2, 0) is 13.9 Å². The molecule has 1 aliphatic carbocycles. The molecule has 0 aromatic carbocycles. The molecule has 0 aromatic rings. The molecule has 3 nitrogen and oxygen atoms in total. The zero-order valence-corrected chi connectivity index (χ0v) is 12.4. The summed E-state index contributed by atoms with van der Waals surface area (Å²) in [5.74, 6) is 0.886. The number of hydrogen-bond donors (Lipinski definition) is 0. The molecule has 1 saturated carbocycles. The van der Waals surface area contributed by atoms with Gasteiger partial charge in [0.25, 0.3) is 0 Å². The van der Waals surface area contributed by atoms with Crippen LogP contribution in [0.1, 0.15) is 25.7 Å². The number of rotatable bonds is 7. The molecular formula is C13H26O3Si. The van der Waals surface area contributed by atoms with Crippen molar-refractivity contribution in [1.29, 1.82) is 0 Å². The fourth-order valence-electron chi connectivity index (χ4n) is 2.77. The Kier molecular flexibility index (Phi) is 4.63. The van der Waals surface area contributed by atoms with Crippen molar-refractivity contribution in [2.45, 2.75) is 57.0 Å². The molecule has 0 amide bonds. The molecule has 4 heteroatoms. The molecule has 0 aromatic heterocycles. The van der Waals surface area contributed by atoms with Crippen molar-refractivity contribution in [2.24, 2.45) is 5.92 Å². The molecule has 2 rings (SSSR count). The lowest BCUT2D eigenvalue weighted by molar-refractivity contribution is 0.142. The van der Waals surface area contributed by atoms with E-state index >= 15 is 0 Å². The summed E-state index contributed by atoms with van der Waals surface area (Å²) in [5.41, 5.74) is 0. The summed E-state index contributed by atoms with van der Waals surface area (Å²) in [6.07, 6.45) is 6.54. The molecule has 0 N–H and O–H groups in total. The second kappa shape index (κ2) is 5.82. The molecule has 1 heterocycles. The maximum atomic E-state index is 5.98. The van der Waals surface area contributed by atoms with Gasteiger partial charge < -0.3 is 13.9 Å². The van der Waals surface area contributed by atoms with Crippen LogP contribution in [0.25, 0.3) is 0 Å². The maximum absolute atomic E-state index is 5.98. The standard InChI is InChI=1S/C13H26O3Si/c1-14-7-8-15-17(2,3)9-6-11-4-5-12-13(10-11)16-12/h11-13H,4-10H2,1-3H3. The van der Waals surface area contributed by atoms with Gasteiger partial charge in [-0.05, 0) is 44.3 Å². The van der Waals surface area contributed by atoms with Crippen LogP contribution in [0.5, 0.6) is 0 Å². The topological polar surface area (TPSA) is 31.0 Å². The summed E-state index contributed by atoms with van der Waals surface area (Å²) in [5, 5.41) is 0. The lowest BCUT2D eigenvalue weighted by Crippen LogP contribution is -2.32. The Labute approximate surface area is 106 Å². The monoisotopic (exact) mass is 258 g/mol. The van der Waals surface area contributed by atoms with Crippen molar-refractivity contribution < 1.29 is 13.9 Å². The molecule has 3 atom stereocenters.